The zero-order chi connectivity index (χ0) is 32.3. The molecular formula is C46H31N3. The van der Waals surface area contributed by atoms with E-state index in [-0.39, 0.29) is 0 Å². The van der Waals surface area contributed by atoms with Crippen LogP contribution in [0.5, 0.6) is 0 Å². The Labute approximate surface area is 284 Å². The second-order valence-corrected chi connectivity index (χ2v) is 12.6. The first-order valence-corrected chi connectivity index (χ1v) is 16.8. The van der Waals surface area contributed by atoms with Gasteiger partial charge in [0, 0.05) is 44.3 Å². The van der Waals surface area contributed by atoms with Crippen LogP contribution < -0.4 is 4.90 Å². The van der Waals surface area contributed by atoms with Gasteiger partial charge in [0.15, 0.2) is 0 Å². The normalized spacial score (nSPS) is 11.7. The maximum absolute atomic E-state index is 2.47. The largest absolute Gasteiger partial charge is 0.310 e. The van der Waals surface area contributed by atoms with Crippen molar-refractivity contribution in [1.29, 1.82) is 0 Å². The number of fused-ring (bicyclic) bond motifs is 7. The van der Waals surface area contributed by atoms with Crippen LogP contribution >= 0.6 is 0 Å². The minimum atomic E-state index is 1.10. The maximum atomic E-state index is 2.47. The molecule has 8 aromatic carbocycles. The average Bonchev–Trinajstić information content (AvgIpc) is 3.69. The molecule has 0 unspecified atom stereocenters. The second-order valence-electron chi connectivity index (χ2n) is 12.6. The van der Waals surface area contributed by atoms with Gasteiger partial charge in [0.2, 0.25) is 0 Å². The first-order chi connectivity index (χ1) is 24.3. The van der Waals surface area contributed by atoms with Gasteiger partial charge >= 0.3 is 0 Å². The highest BCUT2D eigenvalue weighted by molar-refractivity contribution is 6.16. The molecule has 49 heavy (non-hydrogen) atoms. The molecule has 3 heteroatoms. The third-order valence-corrected chi connectivity index (χ3v) is 9.83. The fourth-order valence-electron chi connectivity index (χ4n) is 7.73. The maximum Gasteiger partial charge on any atom is 0.0784 e. The molecule has 2 heterocycles. The summed E-state index contributed by atoms with van der Waals surface area (Å²) >= 11 is 0. The predicted octanol–water partition coefficient (Wildman–Crippen LogP) is 12.5. The van der Waals surface area contributed by atoms with Gasteiger partial charge in [-0.25, -0.2) is 0 Å². The van der Waals surface area contributed by atoms with Gasteiger partial charge < -0.3 is 14.0 Å². The van der Waals surface area contributed by atoms with Crippen LogP contribution in [0.15, 0.2) is 188 Å². The smallest absolute Gasteiger partial charge is 0.0784 e. The van der Waals surface area contributed by atoms with Crippen molar-refractivity contribution in [1.82, 2.24) is 9.13 Å². The number of hydrogen-bond donors (Lipinski definition) is 0. The lowest BCUT2D eigenvalue weighted by molar-refractivity contribution is 1.13. The summed E-state index contributed by atoms with van der Waals surface area (Å²) in [5.41, 5.74) is 10.3. The van der Waals surface area contributed by atoms with Crippen molar-refractivity contribution in [2.75, 3.05) is 4.90 Å². The molecule has 0 atom stereocenters. The summed E-state index contributed by atoms with van der Waals surface area (Å²) in [6.07, 6.45) is 0. The van der Waals surface area contributed by atoms with E-state index in [2.05, 4.69) is 202 Å². The van der Waals surface area contributed by atoms with Gasteiger partial charge in [0.25, 0.3) is 0 Å². The Balaban J connectivity index is 1.39. The van der Waals surface area contributed by atoms with E-state index in [1.807, 2.05) is 0 Å². The number of aromatic nitrogens is 2. The molecular weight excluding hydrogens is 595 g/mol. The van der Waals surface area contributed by atoms with Crippen molar-refractivity contribution < 1.29 is 0 Å². The molecule has 10 aromatic rings. The van der Waals surface area contributed by atoms with E-state index in [0.717, 1.165) is 28.4 Å². The fraction of sp³-hybridized carbons (Fsp3) is 0. The molecule has 0 bridgehead atoms. The molecule has 0 aliphatic rings. The van der Waals surface area contributed by atoms with Gasteiger partial charge in [-0.1, -0.05) is 121 Å². The van der Waals surface area contributed by atoms with E-state index >= 15 is 0 Å². The fourth-order valence-corrected chi connectivity index (χ4v) is 7.73. The van der Waals surface area contributed by atoms with Crippen molar-refractivity contribution >= 4 is 71.4 Å². The molecule has 3 nitrogen and oxygen atoms in total. The summed E-state index contributed by atoms with van der Waals surface area (Å²) in [5.74, 6) is 0. The van der Waals surface area contributed by atoms with Crippen LogP contribution in [0.2, 0.25) is 0 Å². The van der Waals surface area contributed by atoms with Gasteiger partial charge in [-0.2, -0.15) is 0 Å². The predicted molar refractivity (Wildman–Crippen MR) is 207 cm³/mol. The minimum absolute atomic E-state index is 1.10. The summed E-state index contributed by atoms with van der Waals surface area (Å²) in [7, 11) is 0. The van der Waals surface area contributed by atoms with Crippen LogP contribution in [0, 0.1) is 0 Å². The molecule has 0 spiro atoms. The second kappa shape index (κ2) is 11.0. The number of para-hydroxylation sites is 5. The molecule has 0 amide bonds. The number of hydrogen-bond acceptors (Lipinski definition) is 1. The van der Waals surface area contributed by atoms with E-state index in [4.69, 9.17) is 0 Å². The van der Waals surface area contributed by atoms with Crippen molar-refractivity contribution in [3.63, 3.8) is 0 Å². The van der Waals surface area contributed by atoms with E-state index in [0.29, 0.717) is 0 Å². The third kappa shape index (κ3) is 4.29. The van der Waals surface area contributed by atoms with E-state index in [1.165, 1.54) is 54.4 Å². The van der Waals surface area contributed by atoms with E-state index in [9.17, 15) is 0 Å². The molecule has 0 N–H and O–H groups in total. The monoisotopic (exact) mass is 625 g/mol. The Morgan fingerprint density at radius 1 is 0.327 bits per heavy atom. The average molecular weight is 626 g/mol. The van der Waals surface area contributed by atoms with Crippen LogP contribution in [0.25, 0.3) is 65.8 Å². The Morgan fingerprint density at radius 3 is 1.53 bits per heavy atom. The van der Waals surface area contributed by atoms with Gasteiger partial charge in [0.1, 0.15) is 0 Å². The number of rotatable bonds is 5. The lowest BCUT2D eigenvalue weighted by Gasteiger charge is -2.27. The third-order valence-electron chi connectivity index (χ3n) is 9.83. The van der Waals surface area contributed by atoms with Gasteiger partial charge in [0.05, 0.1) is 27.8 Å². The topological polar surface area (TPSA) is 13.1 Å². The standard InChI is InChI=1S/C46H31N3/c1-3-17-34(18-4-1)47(36-28-27-32-15-7-8-16-33(32)29-36)37-30-41-40-23-11-12-24-42(40)48(35-19-5-2-6-20-35)46(41)45(31-37)49-43-25-13-9-21-38(43)39-22-10-14-26-44(39)49/h1-31H. The summed E-state index contributed by atoms with van der Waals surface area (Å²) in [6.45, 7) is 0. The zero-order valence-corrected chi connectivity index (χ0v) is 26.7. The highest BCUT2D eigenvalue weighted by Crippen LogP contribution is 2.45. The Hall–Kier alpha value is -6.58. The van der Waals surface area contributed by atoms with Gasteiger partial charge in [-0.3, -0.25) is 0 Å². The Kier molecular flexibility index (Phi) is 6.18. The Bertz CT molecular complexity index is 2770. The molecule has 0 saturated heterocycles. The molecule has 0 aliphatic carbocycles. The van der Waals surface area contributed by atoms with Crippen molar-refractivity contribution in [2.45, 2.75) is 0 Å². The summed E-state index contributed by atoms with van der Waals surface area (Å²) < 4.78 is 4.91. The molecule has 0 aliphatic heterocycles. The quantitative estimate of drug-likeness (QED) is 0.185. The molecule has 10 rings (SSSR count). The zero-order valence-electron chi connectivity index (χ0n) is 26.7. The lowest BCUT2D eigenvalue weighted by Crippen LogP contribution is -2.11. The first-order valence-electron chi connectivity index (χ1n) is 16.8. The lowest BCUT2D eigenvalue weighted by atomic mass is 10.1. The van der Waals surface area contributed by atoms with Crippen LogP contribution in [0.3, 0.4) is 0 Å². The molecule has 0 radical (unpaired) electrons. The number of nitrogens with zero attached hydrogens (tertiary/aromatic N) is 3. The minimum Gasteiger partial charge on any atom is -0.310 e. The number of benzene rings is 8. The summed E-state index contributed by atoms with van der Waals surface area (Å²) in [6, 6.07) is 68.0. The van der Waals surface area contributed by atoms with E-state index in [1.54, 1.807) is 0 Å². The van der Waals surface area contributed by atoms with Crippen LogP contribution in [-0.2, 0) is 0 Å². The van der Waals surface area contributed by atoms with E-state index < -0.39 is 0 Å². The molecule has 2 aromatic heterocycles. The van der Waals surface area contributed by atoms with Crippen LogP contribution in [0.4, 0.5) is 17.1 Å². The number of anilines is 3. The molecule has 230 valence electrons. The Morgan fingerprint density at radius 2 is 0.857 bits per heavy atom. The van der Waals surface area contributed by atoms with Crippen LogP contribution in [-0.4, -0.2) is 9.13 Å². The first kappa shape index (κ1) is 27.5. The van der Waals surface area contributed by atoms with Gasteiger partial charge in [-0.05, 0) is 77.5 Å². The highest BCUT2D eigenvalue weighted by Gasteiger charge is 2.23. The summed E-state index contributed by atoms with van der Waals surface area (Å²) in [4.78, 5) is 2.40. The van der Waals surface area contributed by atoms with Crippen molar-refractivity contribution in [3.8, 4) is 11.4 Å². The summed E-state index contributed by atoms with van der Waals surface area (Å²) in [5, 5.41) is 7.35. The molecule has 0 saturated carbocycles. The van der Waals surface area contributed by atoms with Crippen molar-refractivity contribution in [3.05, 3.63) is 188 Å². The van der Waals surface area contributed by atoms with Gasteiger partial charge in [-0.15, -0.1) is 0 Å². The highest BCUT2D eigenvalue weighted by atomic mass is 15.1. The van der Waals surface area contributed by atoms with Crippen LogP contribution in [0.1, 0.15) is 0 Å². The van der Waals surface area contributed by atoms with Crippen molar-refractivity contribution in [2.24, 2.45) is 0 Å². The SMILES string of the molecule is c1ccc(N(c2ccc3ccccc3c2)c2cc(-n3c4ccccc4c4ccccc43)c3c(c2)c2ccccc2n3-c2ccccc2)cc1. The molecule has 0 fully saturated rings.